The molecule has 2 aliphatic rings. The van der Waals surface area contributed by atoms with Gasteiger partial charge in [-0.05, 0) is 43.9 Å². The third-order valence-electron chi connectivity index (χ3n) is 3.23. The van der Waals surface area contributed by atoms with Crippen LogP contribution in [-0.2, 0) is 9.47 Å². The minimum absolute atomic E-state index is 0.350. The highest BCUT2D eigenvalue weighted by Gasteiger charge is 2.31. The van der Waals surface area contributed by atoms with Crippen LogP contribution in [0, 0.1) is 5.92 Å². The van der Waals surface area contributed by atoms with E-state index < -0.39 is 0 Å². The van der Waals surface area contributed by atoms with Gasteiger partial charge < -0.3 is 9.47 Å². The van der Waals surface area contributed by atoms with E-state index in [1.165, 1.54) is 5.57 Å². The lowest BCUT2D eigenvalue weighted by Gasteiger charge is -2.35. The minimum Gasteiger partial charge on any atom is -0.449 e. The number of hydrogen-bond donors (Lipinski definition) is 0. The fourth-order valence-corrected chi connectivity index (χ4v) is 2.39. The molecule has 0 aromatic carbocycles. The molecular weight excluding hydrogens is 242 g/mol. The van der Waals surface area contributed by atoms with Crippen LogP contribution in [0.5, 0.6) is 0 Å². The van der Waals surface area contributed by atoms with Crippen LogP contribution in [0.2, 0.25) is 0 Å². The molecule has 1 aliphatic carbocycles. The van der Waals surface area contributed by atoms with Gasteiger partial charge in [0.05, 0.1) is 12.3 Å². The Labute approximate surface area is 114 Å². The van der Waals surface area contributed by atoms with Crippen LogP contribution < -0.4 is 0 Å². The predicted octanol–water partition coefficient (Wildman–Crippen LogP) is 3.23. The van der Waals surface area contributed by atoms with Crippen molar-refractivity contribution >= 4 is 6.09 Å². The van der Waals surface area contributed by atoms with Crippen molar-refractivity contribution in [3.8, 4) is 0 Å². The van der Waals surface area contributed by atoms with Gasteiger partial charge in [0.2, 0.25) is 0 Å². The second-order valence-corrected chi connectivity index (χ2v) is 4.72. The Morgan fingerprint density at radius 2 is 2.11 bits per heavy atom. The van der Waals surface area contributed by atoms with Gasteiger partial charge in [-0.25, -0.2) is 9.69 Å². The summed E-state index contributed by atoms with van der Waals surface area (Å²) < 4.78 is 10.7. The SMILES string of the molecule is CCOC(=O)N1C2=C(C=CC1OCC)CC(C)C=C2. The first-order valence-electron chi connectivity index (χ1n) is 6.84. The molecule has 4 heteroatoms. The van der Waals surface area contributed by atoms with Crippen molar-refractivity contribution in [2.75, 3.05) is 13.2 Å². The summed E-state index contributed by atoms with van der Waals surface area (Å²) in [7, 11) is 0. The summed E-state index contributed by atoms with van der Waals surface area (Å²) in [4.78, 5) is 13.7. The first-order chi connectivity index (χ1) is 9.17. The van der Waals surface area contributed by atoms with E-state index in [9.17, 15) is 4.79 Å². The van der Waals surface area contributed by atoms with E-state index in [-0.39, 0.29) is 12.3 Å². The smallest absolute Gasteiger partial charge is 0.416 e. The molecule has 1 amide bonds. The highest BCUT2D eigenvalue weighted by atomic mass is 16.6. The number of carbonyl (C=O) groups excluding carboxylic acids is 1. The number of nitrogens with zero attached hydrogens (tertiary/aromatic N) is 1. The molecule has 0 saturated carbocycles. The largest absolute Gasteiger partial charge is 0.449 e. The second-order valence-electron chi connectivity index (χ2n) is 4.72. The first-order valence-corrected chi connectivity index (χ1v) is 6.84. The standard InChI is InChI=1S/C15H21NO3/c1-4-18-14-9-7-12-10-11(3)6-8-13(12)16(14)15(17)19-5-2/h6-9,11,14H,4-5,10H2,1-3H3. The maximum absolute atomic E-state index is 12.1. The molecule has 4 nitrogen and oxygen atoms in total. The molecule has 0 aromatic heterocycles. The summed E-state index contributed by atoms with van der Waals surface area (Å²) in [5, 5.41) is 0. The van der Waals surface area contributed by atoms with Gasteiger partial charge in [-0.3, -0.25) is 0 Å². The average molecular weight is 263 g/mol. The van der Waals surface area contributed by atoms with E-state index in [0.717, 1.165) is 12.1 Å². The normalized spacial score (nSPS) is 25.5. The molecule has 2 unspecified atom stereocenters. The van der Waals surface area contributed by atoms with Gasteiger partial charge in [-0.2, -0.15) is 0 Å². The third kappa shape index (κ3) is 2.89. The van der Waals surface area contributed by atoms with Gasteiger partial charge >= 0.3 is 6.09 Å². The van der Waals surface area contributed by atoms with E-state index >= 15 is 0 Å². The molecule has 0 N–H and O–H groups in total. The van der Waals surface area contributed by atoms with E-state index in [0.29, 0.717) is 19.1 Å². The Balaban J connectivity index is 2.29. The third-order valence-corrected chi connectivity index (χ3v) is 3.23. The lowest BCUT2D eigenvalue weighted by molar-refractivity contribution is -0.00521. The molecular formula is C15H21NO3. The molecule has 2 rings (SSSR count). The van der Waals surface area contributed by atoms with Crippen LogP contribution in [0.3, 0.4) is 0 Å². The maximum Gasteiger partial charge on any atom is 0.416 e. The van der Waals surface area contributed by atoms with Crippen molar-refractivity contribution in [1.29, 1.82) is 0 Å². The van der Waals surface area contributed by atoms with Crippen molar-refractivity contribution in [1.82, 2.24) is 4.90 Å². The summed E-state index contributed by atoms with van der Waals surface area (Å²) in [6.45, 7) is 6.80. The van der Waals surface area contributed by atoms with Crippen LogP contribution >= 0.6 is 0 Å². The molecule has 0 aromatic rings. The van der Waals surface area contributed by atoms with Gasteiger partial charge in [0.1, 0.15) is 0 Å². The van der Waals surface area contributed by atoms with Gasteiger partial charge in [0, 0.05) is 6.61 Å². The molecule has 104 valence electrons. The number of carbonyl (C=O) groups is 1. The zero-order chi connectivity index (χ0) is 13.8. The fourth-order valence-electron chi connectivity index (χ4n) is 2.39. The van der Waals surface area contributed by atoms with Crippen LogP contribution in [0.1, 0.15) is 27.2 Å². The zero-order valence-electron chi connectivity index (χ0n) is 11.8. The molecule has 0 fully saturated rings. The molecule has 0 saturated heterocycles. The Bertz CT molecular complexity index is 437. The Morgan fingerprint density at radius 1 is 1.32 bits per heavy atom. The lowest BCUT2D eigenvalue weighted by atomic mass is 9.91. The van der Waals surface area contributed by atoms with E-state index in [4.69, 9.17) is 9.47 Å². The quantitative estimate of drug-likeness (QED) is 0.784. The molecule has 1 heterocycles. The van der Waals surface area contributed by atoms with Crippen molar-refractivity contribution < 1.29 is 14.3 Å². The average Bonchev–Trinajstić information content (AvgIpc) is 2.39. The maximum atomic E-state index is 12.1. The van der Waals surface area contributed by atoms with Gasteiger partial charge in [0.25, 0.3) is 0 Å². The summed E-state index contributed by atoms with van der Waals surface area (Å²) in [5.41, 5.74) is 2.07. The summed E-state index contributed by atoms with van der Waals surface area (Å²) >= 11 is 0. The number of hydrogen-bond acceptors (Lipinski definition) is 3. The number of ether oxygens (including phenoxy) is 2. The lowest BCUT2D eigenvalue weighted by Crippen LogP contribution is -2.42. The van der Waals surface area contributed by atoms with Crippen molar-refractivity contribution in [3.05, 3.63) is 35.6 Å². The molecule has 0 bridgehead atoms. The Hall–Kier alpha value is -1.55. The molecule has 19 heavy (non-hydrogen) atoms. The van der Waals surface area contributed by atoms with Crippen LogP contribution in [0.15, 0.2) is 35.6 Å². The monoisotopic (exact) mass is 263 g/mol. The highest BCUT2D eigenvalue weighted by Crippen LogP contribution is 2.32. The van der Waals surface area contributed by atoms with E-state index in [1.54, 1.807) is 11.8 Å². The molecule has 0 spiro atoms. The number of rotatable bonds is 3. The van der Waals surface area contributed by atoms with Gasteiger partial charge in [-0.1, -0.05) is 19.1 Å². The summed E-state index contributed by atoms with van der Waals surface area (Å²) in [6, 6.07) is 0. The van der Waals surface area contributed by atoms with Crippen molar-refractivity contribution in [2.45, 2.75) is 33.4 Å². The highest BCUT2D eigenvalue weighted by molar-refractivity contribution is 5.73. The Morgan fingerprint density at radius 3 is 2.79 bits per heavy atom. The number of amides is 1. The summed E-state index contributed by atoms with van der Waals surface area (Å²) in [5.74, 6) is 0.496. The van der Waals surface area contributed by atoms with Crippen LogP contribution in [0.25, 0.3) is 0 Å². The second kappa shape index (κ2) is 6.06. The van der Waals surface area contributed by atoms with E-state index in [1.807, 2.05) is 19.1 Å². The minimum atomic E-state index is -0.374. The zero-order valence-corrected chi connectivity index (χ0v) is 11.8. The Kier molecular flexibility index (Phi) is 4.43. The number of allylic oxidation sites excluding steroid dienone is 4. The summed E-state index contributed by atoms with van der Waals surface area (Å²) in [6.07, 6.45) is 8.31. The first kappa shape index (κ1) is 13.9. The molecule has 1 aliphatic heterocycles. The van der Waals surface area contributed by atoms with Crippen molar-refractivity contribution in [3.63, 3.8) is 0 Å². The van der Waals surface area contributed by atoms with Crippen LogP contribution in [0.4, 0.5) is 4.79 Å². The predicted molar refractivity (Wildman–Crippen MR) is 73.4 cm³/mol. The fraction of sp³-hybridized carbons (Fsp3) is 0.533. The van der Waals surface area contributed by atoms with E-state index in [2.05, 4.69) is 19.1 Å². The topological polar surface area (TPSA) is 38.8 Å². The van der Waals surface area contributed by atoms with Gasteiger partial charge in [0.15, 0.2) is 6.23 Å². The molecule has 0 radical (unpaired) electrons. The van der Waals surface area contributed by atoms with Crippen molar-refractivity contribution in [2.24, 2.45) is 5.92 Å². The van der Waals surface area contributed by atoms with Gasteiger partial charge in [-0.15, -0.1) is 0 Å². The molecule has 2 atom stereocenters. The van der Waals surface area contributed by atoms with Crippen LogP contribution in [-0.4, -0.2) is 30.4 Å².